The molecule has 1 heterocycles. The van der Waals surface area contributed by atoms with E-state index in [0.29, 0.717) is 5.92 Å². The summed E-state index contributed by atoms with van der Waals surface area (Å²) in [5.74, 6) is 2.46. The van der Waals surface area contributed by atoms with Crippen LogP contribution < -0.4 is 10.6 Å². The lowest BCUT2D eigenvalue weighted by Crippen LogP contribution is -2.39. The third-order valence-electron chi connectivity index (χ3n) is 4.27. The quantitative estimate of drug-likeness (QED) is 0.173. The first-order chi connectivity index (χ1) is 13.0. The van der Waals surface area contributed by atoms with Crippen LogP contribution >= 0.6 is 35.7 Å². The molecule has 2 N–H and O–H groups in total. The third kappa shape index (κ3) is 7.62. The molecule has 0 spiro atoms. The van der Waals surface area contributed by atoms with Gasteiger partial charge in [0.1, 0.15) is 5.82 Å². The van der Waals surface area contributed by atoms with Crippen LogP contribution in [-0.4, -0.2) is 40.6 Å². The van der Waals surface area contributed by atoms with Gasteiger partial charge in [-0.1, -0.05) is 55.9 Å². The van der Waals surface area contributed by atoms with E-state index in [1.54, 1.807) is 18.8 Å². The van der Waals surface area contributed by atoms with E-state index in [4.69, 9.17) is 0 Å². The maximum atomic E-state index is 4.38. The van der Waals surface area contributed by atoms with Crippen molar-refractivity contribution in [3.05, 3.63) is 41.7 Å². The first kappa shape index (κ1) is 24.7. The molecule has 1 atom stereocenters. The number of rotatable bonds is 9. The summed E-state index contributed by atoms with van der Waals surface area (Å²) < 4.78 is 2.25. The summed E-state index contributed by atoms with van der Waals surface area (Å²) in [6.45, 7) is 8.38. The molecular formula is C20H33IN6S. The SMILES string of the molecule is CN=C(NCCCc1nnc(SC)n1CC(C)C)NC(C)c1ccccc1.I. The summed E-state index contributed by atoms with van der Waals surface area (Å²) in [5.41, 5.74) is 1.24. The summed E-state index contributed by atoms with van der Waals surface area (Å²) in [6.07, 6.45) is 3.93. The van der Waals surface area contributed by atoms with Crippen molar-refractivity contribution in [2.75, 3.05) is 19.8 Å². The summed E-state index contributed by atoms with van der Waals surface area (Å²) >= 11 is 1.66. The number of aliphatic imine (C=N–C) groups is 1. The molecule has 0 radical (unpaired) electrons. The van der Waals surface area contributed by atoms with E-state index in [2.05, 4.69) is 81.7 Å². The average Bonchev–Trinajstić information content (AvgIpc) is 3.05. The van der Waals surface area contributed by atoms with Crippen LogP contribution in [-0.2, 0) is 13.0 Å². The fraction of sp³-hybridized carbons (Fsp3) is 0.550. The fourth-order valence-electron chi connectivity index (χ4n) is 2.88. The molecule has 0 aliphatic rings. The number of aryl methyl sites for hydroxylation is 1. The number of thioether (sulfide) groups is 1. The normalized spacial score (nSPS) is 12.6. The van der Waals surface area contributed by atoms with Crippen molar-refractivity contribution in [2.24, 2.45) is 10.9 Å². The standard InChI is InChI=1S/C20H32N6S.HI/c1-15(2)14-26-18(24-25-20(26)27-5)12-9-13-22-19(21-4)23-16(3)17-10-7-6-8-11-17;/h6-8,10-11,15-16H,9,12-14H2,1-5H3,(H2,21,22,23);1H. The van der Waals surface area contributed by atoms with Crippen molar-refractivity contribution >= 4 is 41.7 Å². The molecule has 2 aromatic rings. The van der Waals surface area contributed by atoms with Gasteiger partial charge in [0.15, 0.2) is 11.1 Å². The van der Waals surface area contributed by atoms with Crippen molar-refractivity contribution < 1.29 is 0 Å². The summed E-state index contributed by atoms with van der Waals surface area (Å²) in [7, 11) is 1.80. The zero-order valence-electron chi connectivity index (χ0n) is 17.5. The number of aromatic nitrogens is 3. The van der Waals surface area contributed by atoms with Crippen LogP contribution in [0.25, 0.3) is 0 Å². The number of benzene rings is 1. The average molecular weight is 516 g/mol. The second-order valence-electron chi connectivity index (χ2n) is 6.99. The highest BCUT2D eigenvalue weighted by Crippen LogP contribution is 2.16. The lowest BCUT2D eigenvalue weighted by atomic mass is 10.1. The van der Waals surface area contributed by atoms with E-state index in [1.807, 2.05) is 6.07 Å². The van der Waals surface area contributed by atoms with E-state index in [-0.39, 0.29) is 30.0 Å². The second-order valence-corrected chi connectivity index (χ2v) is 7.76. The molecule has 0 amide bonds. The molecule has 28 heavy (non-hydrogen) atoms. The smallest absolute Gasteiger partial charge is 0.191 e. The van der Waals surface area contributed by atoms with Crippen LogP contribution in [0.3, 0.4) is 0 Å². The largest absolute Gasteiger partial charge is 0.356 e. The second kappa shape index (κ2) is 13.0. The van der Waals surface area contributed by atoms with Crippen LogP contribution in [0, 0.1) is 5.92 Å². The van der Waals surface area contributed by atoms with Gasteiger partial charge in [0.25, 0.3) is 0 Å². The molecule has 1 aromatic heterocycles. The van der Waals surface area contributed by atoms with Crippen molar-refractivity contribution in [2.45, 2.75) is 51.4 Å². The molecule has 0 fully saturated rings. The van der Waals surface area contributed by atoms with E-state index in [1.165, 1.54) is 5.56 Å². The molecule has 0 aliphatic carbocycles. The van der Waals surface area contributed by atoms with E-state index >= 15 is 0 Å². The third-order valence-corrected chi connectivity index (χ3v) is 4.94. The highest BCUT2D eigenvalue weighted by molar-refractivity contribution is 14.0. The predicted octanol–water partition coefficient (Wildman–Crippen LogP) is 4.13. The Morgan fingerprint density at radius 2 is 1.89 bits per heavy atom. The van der Waals surface area contributed by atoms with E-state index < -0.39 is 0 Å². The van der Waals surface area contributed by atoms with Gasteiger partial charge in [-0.05, 0) is 31.1 Å². The maximum absolute atomic E-state index is 4.38. The van der Waals surface area contributed by atoms with Crippen molar-refractivity contribution in [1.29, 1.82) is 0 Å². The number of nitrogens with one attached hydrogen (secondary N) is 2. The number of hydrogen-bond acceptors (Lipinski definition) is 4. The number of nitrogens with zero attached hydrogens (tertiary/aromatic N) is 4. The van der Waals surface area contributed by atoms with Gasteiger partial charge in [0, 0.05) is 26.6 Å². The van der Waals surface area contributed by atoms with E-state index in [0.717, 1.165) is 42.9 Å². The summed E-state index contributed by atoms with van der Waals surface area (Å²) in [5, 5.41) is 16.5. The molecule has 2 rings (SSSR count). The zero-order valence-corrected chi connectivity index (χ0v) is 20.6. The lowest BCUT2D eigenvalue weighted by Gasteiger charge is -2.18. The molecule has 0 aliphatic heterocycles. The predicted molar refractivity (Wildman–Crippen MR) is 130 cm³/mol. The Morgan fingerprint density at radius 1 is 1.18 bits per heavy atom. The van der Waals surface area contributed by atoms with Crippen LogP contribution in [0.5, 0.6) is 0 Å². The Hall–Kier alpha value is -1.29. The minimum absolute atomic E-state index is 0. The first-order valence-electron chi connectivity index (χ1n) is 9.53. The van der Waals surface area contributed by atoms with Gasteiger partial charge in [-0.3, -0.25) is 4.99 Å². The Labute approximate surface area is 190 Å². The van der Waals surface area contributed by atoms with Gasteiger partial charge in [0.05, 0.1) is 6.04 Å². The minimum atomic E-state index is 0. The van der Waals surface area contributed by atoms with Crippen molar-refractivity contribution in [3.63, 3.8) is 0 Å². The molecule has 8 heteroatoms. The van der Waals surface area contributed by atoms with Crippen LogP contribution in [0.4, 0.5) is 0 Å². The van der Waals surface area contributed by atoms with Gasteiger partial charge >= 0.3 is 0 Å². The van der Waals surface area contributed by atoms with Crippen molar-refractivity contribution in [1.82, 2.24) is 25.4 Å². The Balaban J connectivity index is 0.00000392. The molecular weight excluding hydrogens is 483 g/mol. The van der Waals surface area contributed by atoms with Crippen LogP contribution in [0.15, 0.2) is 40.5 Å². The topological polar surface area (TPSA) is 67.1 Å². The summed E-state index contributed by atoms with van der Waals surface area (Å²) in [6, 6.07) is 10.6. The molecule has 0 bridgehead atoms. The monoisotopic (exact) mass is 516 g/mol. The lowest BCUT2D eigenvalue weighted by molar-refractivity contribution is 0.477. The van der Waals surface area contributed by atoms with Gasteiger partial charge < -0.3 is 15.2 Å². The highest BCUT2D eigenvalue weighted by atomic mass is 127. The Bertz CT molecular complexity index is 717. The van der Waals surface area contributed by atoms with Crippen LogP contribution in [0.2, 0.25) is 0 Å². The zero-order chi connectivity index (χ0) is 19.6. The van der Waals surface area contributed by atoms with E-state index in [9.17, 15) is 0 Å². The van der Waals surface area contributed by atoms with Crippen LogP contribution in [0.1, 0.15) is 44.6 Å². The first-order valence-corrected chi connectivity index (χ1v) is 10.8. The van der Waals surface area contributed by atoms with Gasteiger partial charge in [-0.2, -0.15) is 0 Å². The number of guanidine groups is 1. The highest BCUT2D eigenvalue weighted by Gasteiger charge is 2.12. The Kier molecular flexibility index (Phi) is 11.5. The van der Waals surface area contributed by atoms with Gasteiger partial charge in [0.2, 0.25) is 0 Å². The minimum Gasteiger partial charge on any atom is -0.356 e. The van der Waals surface area contributed by atoms with Gasteiger partial charge in [-0.25, -0.2) is 0 Å². The summed E-state index contributed by atoms with van der Waals surface area (Å²) in [4.78, 5) is 4.33. The molecule has 156 valence electrons. The molecule has 1 aromatic carbocycles. The van der Waals surface area contributed by atoms with Gasteiger partial charge in [-0.15, -0.1) is 34.2 Å². The molecule has 1 unspecified atom stereocenters. The number of hydrogen-bond donors (Lipinski definition) is 2. The molecule has 0 saturated heterocycles. The molecule has 6 nitrogen and oxygen atoms in total. The molecule has 0 saturated carbocycles. The Morgan fingerprint density at radius 3 is 2.50 bits per heavy atom. The van der Waals surface area contributed by atoms with Crippen molar-refractivity contribution in [3.8, 4) is 0 Å². The fourth-order valence-corrected chi connectivity index (χ4v) is 3.40. The number of halogens is 1. The maximum Gasteiger partial charge on any atom is 0.191 e.